The van der Waals surface area contributed by atoms with Crippen molar-refractivity contribution in [2.24, 2.45) is 12.0 Å². The van der Waals surface area contributed by atoms with E-state index >= 15 is 0 Å². The molecule has 0 bridgehead atoms. The molecule has 3 N–H and O–H groups in total. The number of hydrogen-bond acceptors (Lipinski definition) is 6. The zero-order valence-corrected chi connectivity index (χ0v) is 20.6. The molecule has 0 saturated carbocycles. The highest BCUT2D eigenvalue weighted by Crippen LogP contribution is 2.19. The van der Waals surface area contributed by atoms with Crippen LogP contribution in [0, 0.1) is 0 Å². The van der Waals surface area contributed by atoms with Crippen LogP contribution in [0.1, 0.15) is 19.4 Å². The quantitative estimate of drug-likeness (QED) is 0.242. The van der Waals surface area contributed by atoms with Crippen molar-refractivity contribution in [3.63, 3.8) is 0 Å². The molecule has 0 radical (unpaired) electrons. The average Bonchev–Trinajstić information content (AvgIpc) is 3.08. The van der Waals surface area contributed by atoms with Crippen LogP contribution >= 0.6 is 35.7 Å². The molecule has 162 valence electrons. The maximum atomic E-state index is 12.4. The molecule has 1 aromatic rings. The number of nitrogens with one attached hydrogen (secondary N) is 2. The standard InChI is InChI=1S/C16H30N6O3S2.HI/c1-4-17-15(19-13-16(2,23)14-11-20-21(3)12-14)18-5-10-27(24,25)22-6-8-26-9-7-22;/h11-12,23H,4-10,13H2,1-3H3,(H2,17,18,19);1H. The van der Waals surface area contributed by atoms with Crippen LogP contribution in [0.3, 0.4) is 0 Å². The molecule has 28 heavy (non-hydrogen) atoms. The monoisotopic (exact) mass is 546 g/mol. The molecule has 2 heterocycles. The lowest BCUT2D eigenvalue weighted by Crippen LogP contribution is -2.44. The van der Waals surface area contributed by atoms with E-state index in [2.05, 4.69) is 20.7 Å². The first kappa shape index (κ1) is 25.5. The van der Waals surface area contributed by atoms with Crippen molar-refractivity contribution in [2.45, 2.75) is 19.4 Å². The Morgan fingerprint density at radius 3 is 2.64 bits per heavy atom. The van der Waals surface area contributed by atoms with Gasteiger partial charge in [0.05, 0.1) is 18.5 Å². The van der Waals surface area contributed by atoms with E-state index in [0.717, 1.165) is 11.5 Å². The van der Waals surface area contributed by atoms with E-state index in [4.69, 9.17) is 0 Å². The van der Waals surface area contributed by atoms with E-state index in [0.29, 0.717) is 31.2 Å². The Morgan fingerprint density at radius 2 is 2.07 bits per heavy atom. The molecule has 0 spiro atoms. The first-order valence-corrected chi connectivity index (χ1v) is 11.8. The second-order valence-electron chi connectivity index (χ2n) is 6.63. The van der Waals surface area contributed by atoms with Crippen molar-refractivity contribution in [1.29, 1.82) is 0 Å². The molecule has 2 rings (SSSR count). The Labute approximate surface area is 188 Å². The van der Waals surface area contributed by atoms with E-state index in [1.807, 2.05) is 6.92 Å². The zero-order valence-electron chi connectivity index (χ0n) is 16.6. The van der Waals surface area contributed by atoms with Gasteiger partial charge in [0.15, 0.2) is 5.96 Å². The fourth-order valence-corrected chi connectivity index (χ4v) is 5.11. The lowest BCUT2D eigenvalue weighted by atomic mass is 10.0. The number of aryl methyl sites for hydroxylation is 1. The SMILES string of the molecule is CCNC(=NCC(C)(O)c1cnn(C)c1)NCCS(=O)(=O)N1CCSCC1.I. The Hall–Kier alpha value is -0.570. The normalized spacial score (nSPS) is 18.2. The Kier molecular flexibility index (Phi) is 10.5. The molecule has 1 atom stereocenters. The molecule has 9 nitrogen and oxygen atoms in total. The van der Waals surface area contributed by atoms with Crippen LogP contribution in [0.15, 0.2) is 17.4 Å². The zero-order chi connectivity index (χ0) is 19.9. The van der Waals surface area contributed by atoms with Gasteiger partial charge in [-0.05, 0) is 13.8 Å². The number of guanidine groups is 1. The fourth-order valence-electron chi connectivity index (χ4n) is 2.62. The number of sulfonamides is 1. The number of aliphatic hydroxyl groups is 1. The largest absolute Gasteiger partial charge is 0.383 e. The van der Waals surface area contributed by atoms with E-state index in [1.165, 1.54) is 0 Å². The number of hydrogen-bond donors (Lipinski definition) is 3. The minimum atomic E-state index is -3.26. The smallest absolute Gasteiger partial charge is 0.215 e. The third kappa shape index (κ3) is 7.69. The van der Waals surface area contributed by atoms with Gasteiger partial charge in [-0.25, -0.2) is 17.7 Å². The van der Waals surface area contributed by atoms with Gasteiger partial charge < -0.3 is 15.7 Å². The summed E-state index contributed by atoms with van der Waals surface area (Å²) in [6.07, 6.45) is 3.36. The lowest BCUT2D eigenvalue weighted by molar-refractivity contribution is 0.0672. The van der Waals surface area contributed by atoms with Crippen molar-refractivity contribution in [3.8, 4) is 0 Å². The summed E-state index contributed by atoms with van der Waals surface area (Å²) in [6.45, 7) is 5.78. The molecule has 1 aliphatic heterocycles. The maximum Gasteiger partial charge on any atom is 0.215 e. The van der Waals surface area contributed by atoms with Gasteiger partial charge in [0, 0.05) is 56.5 Å². The molecule has 12 heteroatoms. The predicted molar refractivity (Wildman–Crippen MR) is 125 cm³/mol. The second kappa shape index (κ2) is 11.6. The van der Waals surface area contributed by atoms with E-state index in [-0.39, 0.29) is 42.8 Å². The van der Waals surface area contributed by atoms with Crippen molar-refractivity contribution in [3.05, 3.63) is 18.0 Å². The second-order valence-corrected chi connectivity index (χ2v) is 9.94. The number of thioether (sulfide) groups is 1. The van der Waals surface area contributed by atoms with E-state index < -0.39 is 15.6 Å². The third-order valence-electron chi connectivity index (χ3n) is 4.23. The van der Waals surface area contributed by atoms with Crippen LogP contribution in [0.25, 0.3) is 0 Å². The van der Waals surface area contributed by atoms with Crippen LogP contribution in [0.4, 0.5) is 0 Å². The highest BCUT2D eigenvalue weighted by molar-refractivity contribution is 14.0. The van der Waals surface area contributed by atoms with Gasteiger partial charge >= 0.3 is 0 Å². The lowest BCUT2D eigenvalue weighted by Gasteiger charge is -2.25. The summed E-state index contributed by atoms with van der Waals surface area (Å²) < 4.78 is 28.0. The molecule has 1 saturated heterocycles. The predicted octanol–water partition coefficient (Wildman–Crippen LogP) is 0.179. The van der Waals surface area contributed by atoms with Gasteiger partial charge in [0.1, 0.15) is 5.60 Å². The number of halogens is 1. The molecule has 0 aliphatic carbocycles. The van der Waals surface area contributed by atoms with Gasteiger partial charge in [-0.3, -0.25) is 4.68 Å². The molecule has 1 unspecified atom stereocenters. The maximum absolute atomic E-state index is 12.4. The summed E-state index contributed by atoms with van der Waals surface area (Å²) in [7, 11) is -1.48. The highest BCUT2D eigenvalue weighted by atomic mass is 127. The highest BCUT2D eigenvalue weighted by Gasteiger charge is 2.25. The van der Waals surface area contributed by atoms with E-state index in [9.17, 15) is 13.5 Å². The topological polar surface area (TPSA) is 112 Å². The molecular weight excluding hydrogens is 515 g/mol. The minimum Gasteiger partial charge on any atom is -0.383 e. The summed E-state index contributed by atoms with van der Waals surface area (Å²) in [5.41, 5.74) is -0.483. The van der Waals surface area contributed by atoms with Crippen molar-refractivity contribution < 1.29 is 13.5 Å². The Bertz CT molecular complexity index is 732. The minimum absolute atomic E-state index is 0. The Balaban J connectivity index is 0.00000392. The van der Waals surface area contributed by atoms with Gasteiger partial charge in [-0.2, -0.15) is 16.9 Å². The summed E-state index contributed by atoms with van der Waals surface area (Å²) in [4.78, 5) is 4.40. The third-order valence-corrected chi connectivity index (χ3v) is 7.05. The van der Waals surface area contributed by atoms with Gasteiger partial charge in [0.25, 0.3) is 0 Å². The number of nitrogens with zero attached hydrogens (tertiary/aromatic N) is 4. The molecule has 0 amide bonds. The first-order valence-electron chi connectivity index (χ1n) is 9.04. The van der Waals surface area contributed by atoms with Crippen LogP contribution in [0.2, 0.25) is 0 Å². The van der Waals surface area contributed by atoms with Crippen molar-refractivity contribution in [1.82, 2.24) is 24.7 Å². The van der Waals surface area contributed by atoms with Gasteiger partial charge in [0.2, 0.25) is 10.0 Å². The summed E-state index contributed by atoms with van der Waals surface area (Å²) in [5, 5.41) is 20.8. The van der Waals surface area contributed by atoms with Gasteiger partial charge in [-0.15, -0.1) is 24.0 Å². The summed E-state index contributed by atoms with van der Waals surface area (Å²) in [6, 6.07) is 0. The van der Waals surface area contributed by atoms with Crippen LogP contribution in [-0.4, -0.2) is 83.6 Å². The van der Waals surface area contributed by atoms with E-state index in [1.54, 1.807) is 47.1 Å². The molecule has 0 aromatic carbocycles. The average molecular weight is 547 g/mol. The van der Waals surface area contributed by atoms with Crippen LogP contribution < -0.4 is 10.6 Å². The van der Waals surface area contributed by atoms with Crippen molar-refractivity contribution in [2.75, 3.05) is 50.0 Å². The first-order chi connectivity index (χ1) is 12.7. The molecular formula is C16H31IN6O3S2. The summed E-state index contributed by atoms with van der Waals surface area (Å²) in [5.74, 6) is 2.19. The Morgan fingerprint density at radius 1 is 1.39 bits per heavy atom. The van der Waals surface area contributed by atoms with Crippen LogP contribution in [-0.2, 0) is 22.7 Å². The molecule has 1 aromatic heterocycles. The van der Waals surface area contributed by atoms with Crippen molar-refractivity contribution >= 4 is 51.7 Å². The number of rotatable bonds is 8. The molecule has 1 aliphatic rings. The number of aromatic nitrogens is 2. The molecule has 1 fully saturated rings. The summed E-state index contributed by atoms with van der Waals surface area (Å²) >= 11 is 1.78. The fraction of sp³-hybridized carbons (Fsp3) is 0.750. The van der Waals surface area contributed by atoms with Gasteiger partial charge in [-0.1, -0.05) is 0 Å². The number of aliphatic imine (C=N–C) groups is 1. The van der Waals surface area contributed by atoms with Crippen LogP contribution in [0.5, 0.6) is 0 Å².